The number of carbonyl (C=O) groups is 1. The molecule has 0 saturated heterocycles. The van der Waals surface area contributed by atoms with Crippen LogP contribution in [0, 0.1) is 0 Å². The number of fused-ring (bicyclic) bond motifs is 1. The second kappa shape index (κ2) is 8.56. The molecule has 1 aliphatic rings. The molecule has 1 N–H and O–H groups in total. The number of methoxy groups -OCH3 is 2. The molecule has 9 nitrogen and oxygen atoms in total. The first-order valence-corrected chi connectivity index (χ1v) is 10.2. The molecular formula is C19H24N4O5S. The lowest BCUT2D eigenvalue weighted by Gasteiger charge is -2.17. The summed E-state index contributed by atoms with van der Waals surface area (Å²) in [6.07, 6.45) is 2.42. The third kappa shape index (κ3) is 4.37. The molecule has 2 aromatic rings. The predicted molar refractivity (Wildman–Crippen MR) is 108 cm³/mol. The van der Waals surface area contributed by atoms with Crippen molar-refractivity contribution >= 4 is 22.5 Å². The van der Waals surface area contributed by atoms with E-state index < -0.39 is 10.9 Å². The Hall–Kier alpha value is -3.01. The maximum absolute atomic E-state index is 11.9. The van der Waals surface area contributed by atoms with Crippen molar-refractivity contribution in [2.45, 2.75) is 33.0 Å². The van der Waals surface area contributed by atoms with Gasteiger partial charge in [-0.25, -0.2) is 8.42 Å². The third-order valence-corrected chi connectivity index (χ3v) is 5.17. The Morgan fingerprint density at radius 2 is 1.90 bits per heavy atom. The fraction of sp³-hybridized carbons (Fsp3) is 0.368. The van der Waals surface area contributed by atoms with E-state index in [4.69, 9.17) is 9.47 Å². The van der Waals surface area contributed by atoms with Gasteiger partial charge in [-0.05, 0) is 17.7 Å². The lowest BCUT2D eigenvalue weighted by molar-refractivity contribution is -0.131. The molecule has 0 radical (unpaired) electrons. The van der Waals surface area contributed by atoms with E-state index in [1.165, 1.54) is 14.2 Å². The van der Waals surface area contributed by atoms with Gasteiger partial charge in [0.1, 0.15) is 11.5 Å². The fourth-order valence-corrected chi connectivity index (χ4v) is 3.73. The molecule has 0 aliphatic carbocycles. The zero-order valence-electron chi connectivity index (χ0n) is 16.6. The standard InChI is InChI=1S/C19H24N4O5S/c1-5-18(24)22-9-14-10-23(20-15(14)11-22)8-13-6-16(27-3)19(17(7-13)28-4)12(2)21-29(25)26/h6-7,10,29H,2,5,8-9,11H2,1,3-4H3,(H,21,25,26). The van der Waals surface area contributed by atoms with Crippen molar-refractivity contribution in [2.24, 2.45) is 0 Å². The molecule has 0 spiro atoms. The Morgan fingerprint density at radius 3 is 2.41 bits per heavy atom. The van der Waals surface area contributed by atoms with Crippen LogP contribution >= 0.6 is 0 Å². The Morgan fingerprint density at radius 1 is 1.24 bits per heavy atom. The molecule has 1 amide bonds. The van der Waals surface area contributed by atoms with Crippen LogP contribution in [0.15, 0.2) is 24.9 Å². The van der Waals surface area contributed by atoms with E-state index in [0.29, 0.717) is 43.1 Å². The minimum atomic E-state index is -2.85. The predicted octanol–water partition coefficient (Wildman–Crippen LogP) is 1.29. The van der Waals surface area contributed by atoms with Crippen molar-refractivity contribution in [2.75, 3.05) is 14.2 Å². The van der Waals surface area contributed by atoms with Gasteiger partial charge >= 0.3 is 0 Å². The van der Waals surface area contributed by atoms with Gasteiger partial charge in [-0.3, -0.25) is 14.2 Å². The zero-order valence-corrected chi connectivity index (χ0v) is 17.5. The molecule has 0 saturated carbocycles. The van der Waals surface area contributed by atoms with Gasteiger partial charge in [0.05, 0.1) is 44.3 Å². The number of carbonyl (C=O) groups excluding carboxylic acids is 1. The lowest BCUT2D eigenvalue weighted by atomic mass is 10.1. The molecule has 3 rings (SSSR count). The Balaban J connectivity index is 1.84. The summed E-state index contributed by atoms with van der Waals surface area (Å²) in [7, 11) is 0.134. The van der Waals surface area contributed by atoms with Crippen LogP contribution in [0.1, 0.15) is 35.7 Å². The second-order valence-electron chi connectivity index (χ2n) is 6.62. The van der Waals surface area contributed by atoms with Crippen molar-refractivity contribution in [3.63, 3.8) is 0 Å². The summed E-state index contributed by atoms with van der Waals surface area (Å²) < 4.78 is 36.9. The van der Waals surface area contributed by atoms with E-state index in [1.807, 2.05) is 17.8 Å². The number of amides is 1. The summed E-state index contributed by atoms with van der Waals surface area (Å²) in [5.74, 6) is 0.995. The number of nitrogens with zero attached hydrogens (tertiary/aromatic N) is 3. The highest BCUT2D eigenvalue weighted by Crippen LogP contribution is 2.35. The van der Waals surface area contributed by atoms with Crippen LogP contribution in [0.25, 0.3) is 5.70 Å². The lowest BCUT2D eigenvalue weighted by Crippen LogP contribution is -2.24. The normalized spacial score (nSPS) is 12.8. The Labute approximate surface area is 171 Å². The van der Waals surface area contributed by atoms with Gasteiger partial charge in [0.15, 0.2) is 0 Å². The van der Waals surface area contributed by atoms with E-state index in [0.717, 1.165) is 16.8 Å². The number of thiol groups is 1. The summed E-state index contributed by atoms with van der Waals surface area (Å²) in [5, 5.41) is 4.59. The first kappa shape index (κ1) is 20.7. The minimum Gasteiger partial charge on any atom is -0.496 e. The van der Waals surface area contributed by atoms with Crippen molar-refractivity contribution in [3.05, 3.63) is 47.3 Å². The highest BCUT2D eigenvalue weighted by Gasteiger charge is 2.25. The van der Waals surface area contributed by atoms with E-state index in [2.05, 4.69) is 16.4 Å². The van der Waals surface area contributed by atoms with Gasteiger partial charge in [-0.1, -0.05) is 13.5 Å². The maximum Gasteiger partial charge on any atom is 0.222 e. The number of aromatic nitrogens is 2. The highest BCUT2D eigenvalue weighted by atomic mass is 32.2. The van der Waals surface area contributed by atoms with Crippen LogP contribution in [0.5, 0.6) is 11.5 Å². The first-order chi connectivity index (χ1) is 13.9. The Bertz CT molecular complexity index is 971. The molecule has 10 heteroatoms. The summed E-state index contributed by atoms with van der Waals surface area (Å²) in [5.41, 5.74) is 3.41. The van der Waals surface area contributed by atoms with Gasteiger partial charge in [0.25, 0.3) is 0 Å². The SMILES string of the molecule is C=C(N[SH](=O)=O)c1c(OC)cc(Cn2cc3c(n2)CN(C(=O)CC)C3)cc1OC. The minimum absolute atomic E-state index is 0.119. The van der Waals surface area contributed by atoms with Crippen LogP contribution in [0.3, 0.4) is 0 Å². The summed E-state index contributed by atoms with van der Waals surface area (Å²) in [6.45, 7) is 7.18. The van der Waals surface area contributed by atoms with Gasteiger partial charge in [-0.15, -0.1) is 0 Å². The summed E-state index contributed by atoms with van der Waals surface area (Å²) >= 11 is 0. The van der Waals surface area contributed by atoms with Gasteiger partial charge in [0, 0.05) is 24.7 Å². The average molecular weight is 420 g/mol. The number of benzene rings is 1. The van der Waals surface area contributed by atoms with Crippen LogP contribution in [0.4, 0.5) is 0 Å². The molecule has 29 heavy (non-hydrogen) atoms. The fourth-order valence-electron chi connectivity index (χ4n) is 3.40. The van der Waals surface area contributed by atoms with Gasteiger partial charge in [-0.2, -0.15) is 5.10 Å². The molecule has 0 fully saturated rings. The quantitative estimate of drug-likeness (QED) is 0.624. The molecule has 1 aliphatic heterocycles. The summed E-state index contributed by atoms with van der Waals surface area (Å²) in [4.78, 5) is 13.7. The zero-order chi connectivity index (χ0) is 21.1. The monoisotopic (exact) mass is 420 g/mol. The number of hydrogen-bond acceptors (Lipinski definition) is 6. The van der Waals surface area contributed by atoms with Gasteiger partial charge < -0.3 is 14.4 Å². The molecule has 1 aromatic carbocycles. The molecule has 0 atom stereocenters. The summed E-state index contributed by atoms with van der Waals surface area (Å²) in [6, 6.07) is 3.59. The largest absolute Gasteiger partial charge is 0.496 e. The smallest absolute Gasteiger partial charge is 0.222 e. The van der Waals surface area contributed by atoms with Crippen molar-refractivity contribution in [1.29, 1.82) is 0 Å². The number of ether oxygens (including phenoxy) is 2. The van der Waals surface area contributed by atoms with Gasteiger partial charge in [0.2, 0.25) is 16.8 Å². The molecular weight excluding hydrogens is 396 g/mol. The van der Waals surface area contributed by atoms with Crippen LogP contribution in [0.2, 0.25) is 0 Å². The first-order valence-electron chi connectivity index (χ1n) is 9.04. The van der Waals surface area contributed by atoms with Crippen LogP contribution in [-0.4, -0.2) is 43.2 Å². The molecule has 156 valence electrons. The Kier molecular flexibility index (Phi) is 6.12. The number of nitrogens with one attached hydrogen (secondary N) is 1. The van der Waals surface area contributed by atoms with E-state index in [1.54, 1.807) is 17.0 Å². The van der Waals surface area contributed by atoms with E-state index in [-0.39, 0.29) is 11.6 Å². The second-order valence-corrected chi connectivity index (χ2v) is 7.36. The molecule has 1 aromatic heterocycles. The van der Waals surface area contributed by atoms with Crippen molar-refractivity contribution in [1.82, 2.24) is 19.4 Å². The maximum atomic E-state index is 11.9. The third-order valence-electron chi connectivity index (χ3n) is 4.72. The highest BCUT2D eigenvalue weighted by molar-refractivity contribution is 7.70. The van der Waals surface area contributed by atoms with E-state index >= 15 is 0 Å². The molecule has 0 bridgehead atoms. The topological polar surface area (TPSA) is 103 Å². The van der Waals surface area contributed by atoms with Crippen LogP contribution in [-0.2, 0) is 35.3 Å². The van der Waals surface area contributed by atoms with Crippen molar-refractivity contribution in [3.8, 4) is 11.5 Å². The number of rotatable bonds is 8. The molecule has 2 heterocycles. The average Bonchev–Trinajstić information content (AvgIpc) is 3.24. The number of hydrogen-bond donors (Lipinski definition) is 2. The van der Waals surface area contributed by atoms with E-state index in [9.17, 15) is 13.2 Å². The van der Waals surface area contributed by atoms with Crippen LogP contribution < -0.4 is 14.2 Å². The molecule has 0 unspecified atom stereocenters. The van der Waals surface area contributed by atoms with Crippen molar-refractivity contribution < 1.29 is 22.7 Å².